The van der Waals surface area contributed by atoms with Crippen LogP contribution in [0.4, 0.5) is 0 Å². The number of ether oxygens (including phenoxy) is 3. The maximum atomic E-state index is 12.7. The first kappa shape index (κ1) is 46.9. The van der Waals surface area contributed by atoms with Crippen molar-refractivity contribution in [2.24, 2.45) is 4.99 Å². The highest BCUT2D eigenvalue weighted by atomic mass is 16.6. The molecule has 6 heteroatoms. The second kappa shape index (κ2) is 34.9. The molecule has 1 heterocycles. The van der Waals surface area contributed by atoms with Crippen LogP contribution in [0.25, 0.3) is 0 Å². The molecule has 0 aliphatic carbocycles. The molecule has 0 saturated heterocycles. The molecule has 0 aromatic rings. The van der Waals surface area contributed by atoms with Crippen molar-refractivity contribution in [3.05, 3.63) is 24.8 Å². The van der Waals surface area contributed by atoms with E-state index in [1.165, 1.54) is 148 Å². The Labute approximate surface area is 315 Å². The molecule has 1 rings (SSSR count). The van der Waals surface area contributed by atoms with Gasteiger partial charge in [0.2, 0.25) is 5.90 Å². The van der Waals surface area contributed by atoms with Gasteiger partial charge in [0, 0.05) is 12.8 Å². The molecule has 0 unspecified atom stereocenters. The molecule has 0 radical (unpaired) electrons. The topological polar surface area (TPSA) is 74.2 Å². The summed E-state index contributed by atoms with van der Waals surface area (Å²) in [6.45, 7) is 8.69. The Morgan fingerprint density at radius 2 is 0.961 bits per heavy atom. The Morgan fingerprint density at radius 1 is 0.588 bits per heavy atom. The standard InChI is InChI=1S/C45H81NO5/c1-4-7-10-13-16-19-22-23-24-27-30-33-36-42-46-45(39-49-42,40-50-43(47)37-34-31-28-25-20-17-14-11-8-5-2)41-51-44(48)38-35-32-29-26-21-18-15-12-9-6-3/h4,33,36H,1,5-32,34-35,37-41H2,2-3H3. The smallest absolute Gasteiger partial charge is 0.305 e. The van der Waals surface area contributed by atoms with Gasteiger partial charge in [-0.15, -0.1) is 6.58 Å². The van der Waals surface area contributed by atoms with Crippen LogP contribution in [0.5, 0.6) is 0 Å². The van der Waals surface area contributed by atoms with Gasteiger partial charge >= 0.3 is 11.9 Å². The average Bonchev–Trinajstić information content (AvgIpc) is 3.55. The van der Waals surface area contributed by atoms with Crippen molar-refractivity contribution in [2.45, 2.75) is 225 Å². The van der Waals surface area contributed by atoms with Gasteiger partial charge < -0.3 is 14.2 Å². The Kier molecular flexibility index (Phi) is 32.1. The molecular formula is C45H81NO5. The van der Waals surface area contributed by atoms with Gasteiger partial charge in [-0.05, 0) is 44.6 Å². The molecule has 0 bridgehead atoms. The molecule has 51 heavy (non-hydrogen) atoms. The Hall–Kier alpha value is -2.11. The van der Waals surface area contributed by atoms with Crippen molar-refractivity contribution in [1.29, 1.82) is 0 Å². The number of nitrogens with zero attached hydrogens (tertiary/aromatic N) is 1. The summed E-state index contributed by atoms with van der Waals surface area (Å²) >= 11 is 0. The molecule has 0 fully saturated rings. The number of carbonyl (C=O) groups is 2. The van der Waals surface area contributed by atoms with E-state index in [1.807, 2.05) is 12.2 Å². The summed E-state index contributed by atoms with van der Waals surface area (Å²) in [4.78, 5) is 30.2. The van der Waals surface area contributed by atoms with Crippen LogP contribution < -0.4 is 0 Å². The lowest BCUT2D eigenvalue weighted by atomic mass is 10.0. The van der Waals surface area contributed by atoms with Crippen molar-refractivity contribution < 1.29 is 23.8 Å². The summed E-state index contributed by atoms with van der Waals surface area (Å²) in [5.41, 5.74) is -0.883. The molecule has 1 aliphatic heterocycles. The van der Waals surface area contributed by atoms with Gasteiger partial charge in [0.25, 0.3) is 0 Å². The normalized spacial score (nSPS) is 13.7. The summed E-state index contributed by atoms with van der Waals surface area (Å²) in [5, 5.41) is 0. The summed E-state index contributed by atoms with van der Waals surface area (Å²) in [6.07, 6.45) is 43.8. The van der Waals surface area contributed by atoms with Gasteiger partial charge in [-0.1, -0.05) is 180 Å². The van der Waals surface area contributed by atoms with Crippen LogP contribution in [-0.4, -0.2) is 43.2 Å². The first-order valence-corrected chi connectivity index (χ1v) is 21.9. The maximum Gasteiger partial charge on any atom is 0.305 e. The quantitative estimate of drug-likeness (QED) is 0.0361. The zero-order valence-corrected chi connectivity index (χ0v) is 33.7. The fraction of sp³-hybridized carbons (Fsp3) is 0.844. The van der Waals surface area contributed by atoms with Gasteiger partial charge in [-0.2, -0.15) is 0 Å². The first-order valence-electron chi connectivity index (χ1n) is 21.9. The third kappa shape index (κ3) is 29.1. The second-order valence-corrected chi connectivity index (χ2v) is 15.2. The van der Waals surface area contributed by atoms with Crippen molar-refractivity contribution in [3.8, 4) is 0 Å². The lowest BCUT2D eigenvalue weighted by Gasteiger charge is -2.23. The summed E-state index contributed by atoms with van der Waals surface area (Å²) in [6, 6.07) is 0. The van der Waals surface area contributed by atoms with Gasteiger partial charge in [0.05, 0.1) is 0 Å². The van der Waals surface area contributed by atoms with E-state index in [9.17, 15) is 9.59 Å². The minimum absolute atomic E-state index is 0.0695. The van der Waals surface area contributed by atoms with Gasteiger partial charge in [0.15, 0.2) is 5.54 Å². The largest absolute Gasteiger partial charge is 0.475 e. The third-order valence-electron chi connectivity index (χ3n) is 10.1. The molecule has 0 saturated carbocycles. The molecule has 0 amide bonds. The highest BCUT2D eigenvalue weighted by Crippen LogP contribution is 2.23. The van der Waals surface area contributed by atoms with E-state index < -0.39 is 5.54 Å². The SMILES string of the molecule is C=CCCCCCCCCCCC=CC1=NC(COC(=O)CCCCCCCCCCCC)(COC(=O)CCCCCCCCCCCC)CO1. The van der Waals surface area contributed by atoms with E-state index in [-0.39, 0.29) is 31.8 Å². The number of rotatable bonds is 38. The lowest BCUT2D eigenvalue weighted by molar-refractivity contribution is -0.150. The number of aliphatic imine (C=N–C) groups is 1. The highest BCUT2D eigenvalue weighted by molar-refractivity contribution is 5.89. The molecule has 6 nitrogen and oxygen atoms in total. The van der Waals surface area contributed by atoms with Crippen LogP contribution in [0.2, 0.25) is 0 Å². The molecule has 296 valence electrons. The number of unbranched alkanes of at least 4 members (excludes halogenated alkanes) is 27. The zero-order valence-electron chi connectivity index (χ0n) is 33.7. The first-order chi connectivity index (χ1) is 25.0. The monoisotopic (exact) mass is 716 g/mol. The molecule has 0 atom stereocenters. The van der Waals surface area contributed by atoms with Gasteiger partial charge in [-0.3, -0.25) is 9.59 Å². The van der Waals surface area contributed by atoms with Gasteiger partial charge in [0.1, 0.15) is 19.8 Å². The predicted molar refractivity (Wildman–Crippen MR) is 216 cm³/mol. The van der Waals surface area contributed by atoms with E-state index in [4.69, 9.17) is 19.2 Å². The van der Waals surface area contributed by atoms with E-state index >= 15 is 0 Å². The van der Waals surface area contributed by atoms with E-state index in [0.29, 0.717) is 18.7 Å². The Balaban J connectivity index is 2.44. The molecule has 0 N–H and O–H groups in total. The lowest BCUT2D eigenvalue weighted by Crippen LogP contribution is -2.41. The van der Waals surface area contributed by atoms with Crippen LogP contribution in [0.15, 0.2) is 29.8 Å². The Morgan fingerprint density at radius 3 is 1.37 bits per heavy atom. The van der Waals surface area contributed by atoms with E-state index in [0.717, 1.165) is 44.9 Å². The zero-order chi connectivity index (χ0) is 36.9. The minimum atomic E-state index is -0.883. The molecule has 0 spiro atoms. The molecule has 0 aromatic carbocycles. The summed E-state index contributed by atoms with van der Waals surface area (Å²) in [7, 11) is 0. The van der Waals surface area contributed by atoms with Crippen LogP contribution in [0, 0.1) is 0 Å². The fourth-order valence-electron chi connectivity index (χ4n) is 6.66. The highest BCUT2D eigenvalue weighted by Gasteiger charge is 2.39. The van der Waals surface area contributed by atoms with Crippen molar-refractivity contribution >= 4 is 17.8 Å². The number of hydrogen-bond acceptors (Lipinski definition) is 6. The number of esters is 2. The molecule has 0 aromatic heterocycles. The van der Waals surface area contributed by atoms with Crippen molar-refractivity contribution in [2.75, 3.05) is 19.8 Å². The van der Waals surface area contributed by atoms with Crippen LogP contribution >= 0.6 is 0 Å². The minimum Gasteiger partial charge on any atom is -0.475 e. The average molecular weight is 716 g/mol. The Bertz CT molecular complexity index is 857. The molecular weight excluding hydrogens is 634 g/mol. The van der Waals surface area contributed by atoms with Gasteiger partial charge in [-0.25, -0.2) is 4.99 Å². The summed E-state index contributed by atoms with van der Waals surface area (Å²) < 4.78 is 17.4. The number of allylic oxidation sites excluding steroid dienone is 2. The van der Waals surface area contributed by atoms with Crippen LogP contribution in [0.3, 0.4) is 0 Å². The van der Waals surface area contributed by atoms with Crippen LogP contribution in [0.1, 0.15) is 219 Å². The van der Waals surface area contributed by atoms with E-state index in [2.05, 4.69) is 26.5 Å². The molecule has 1 aliphatic rings. The van der Waals surface area contributed by atoms with Crippen molar-refractivity contribution in [1.82, 2.24) is 0 Å². The third-order valence-corrected chi connectivity index (χ3v) is 10.1. The number of carbonyl (C=O) groups excluding carboxylic acids is 2. The van der Waals surface area contributed by atoms with Crippen molar-refractivity contribution in [3.63, 3.8) is 0 Å². The van der Waals surface area contributed by atoms with E-state index in [1.54, 1.807) is 0 Å². The maximum absolute atomic E-state index is 12.7. The van der Waals surface area contributed by atoms with Crippen LogP contribution in [-0.2, 0) is 23.8 Å². The number of hydrogen-bond donors (Lipinski definition) is 0. The fourth-order valence-corrected chi connectivity index (χ4v) is 6.66. The second-order valence-electron chi connectivity index (χ2n) is 15.2. The summed E-state index contributed by atoms with van der Waals surface area (Å²) in [5.74, 6) is 0.120. The predicted octanol–water partition coefficient (Wildman–Crippen LogP) is 13.5.